The van der Waals surface area contributed by atoms with Crippen LogP contribution in [-0.4, -0.2) is 82.1 Å². The number of aromatic nitrogens is 2. The Balaban J connectivity index is 0.000000178. The lowest BCUT2D eigenvalue weighted by atomic mass is 10.1. The van der Waals surface area contributed by atoms with E-state index in [1.807, 2.05) is 56.3 Å². The third kappa shape index (κ3) is 7.25. The van der Waals surface area contributed by atoms with Crippen LogP contribution in [0, 0.1) is 6.92 Å². The van der Waals surface area contributed by atoms with E-state index in [4.69, 9.17) is 35.4 Å². The van der Waals surface area contributed by atoms with Gasteiger partial charge >= 0.3 is 0 Å². The van der Waals surface area contributed by atoms with Gasteiger partial charge in [-0.15, -0.1) is 0 Å². The van der Waals surface area contributed by atoms with Crippen LogP contribution >= 0.6 is 0 Å². The Bertz CT molecular complexity index is 1430. The number of nitrogens with zero attached hydrogens (tertiary/aromatic N) is 6. The number of hydrogen-bond acceptors (Lipinski definition) is 12. The maximum atomic E-state index is 8.85. The van der Waals surface area contributed by atoms with Crippen LogP contribution in [0.25, 0.3) is 11.4 Å². The first-order valence-corrected chi connectivity index (χ1v) is 12.9. The van der Waals surface area contributed by atoms with E-state index in [0.717, 1.165) is 59.2 Å². The summed E-state index contributed by atoms with van der Waals surface area (Å²) in [7, 11) is 7.02. The van der Waals surface area contributed by atoms with Crippen LogP contribution in [0.4, 0.5) is 0 Å². The summed E-state index contributed by atoms with van der Waals surface area (Å²) in [6.07, 6.45) is 3.21. The molecule has 0 atom stereocenters. The van der Waals surface area contributed by atoms with Gasteiger partial charge < -0.3 is 35.4 Å². The molecule has 0 saturated carbocycles. The van der Waals surface area contributed by atoms with E-state index in [2.05, 4.69) is 25.6 Å². The summed E-state index contributed by atoms with van der Waals surface area (Å²) in [4.78, 5) is 6.04. The molecule has 2 aliphatic rings. The molecule has 13 heteroatoms. The number of aryl methyl sites for hydroxylation is 3. The lowest BCUT2D eigenvalue weighted by molar-refractivity contribution is -0.270. The topological polar surface area (TPSA) is 184 Å². The number of fused-ring (bicyclic) bond motifs is 2. The van der Waals surface area contributed by atoms with Gasteiger partial charge in [0.1, 0.15) is 0 Å². The number of amidine groups is 1. The van der Waals surface area contributed by atoms with E-state index < -0.39 is 5.91 Å². The van der Waals surface area contributed by atoms with Crippen molar-refractivity contribution < 1.29 is 29.6 Å². The monoisotopic (exact) mass is 567 g/mol. The second-order valence-electron chi connectivity index (χ2n) is 9.66. The maximum absolute atomic E-state index is 8.85. The molecule has 0 bridgehead atoms. The van der Waals surface area contributed by atoms with Crippen LogP contribution in [0.3, 0.4) is 0 Å². The Kier molecular flexibility index (Phi) is 10.5. The average Bonchev–Trinajstić information content (AvgIpc) is 3.73. The van der Waals surface area contributed by atoms with Crippen molar-refractivity contribution in [3.8, 4) is 11.4 Å². The minimum absolute atomic E-state index is 0.0900. The molecule has 2 aromatic carbocycles. The van der Waals surface area contributed by atoms with Crippen LogP contribution in [0.1, 0.15) is 53.5 Å². The van der Waals surface area contributed by atoms with Gasteiger partial charge in [0.05, 0.1) is 11.4 Å². The zero-order valence-electron chi connectivity index (χ0n) is 24.1. The molecule has 0 radical (unpaired) electrons. The summed E-state index contributed by atoms with van der Waals surface area (Å²) in [5.41, 5.74) is 12.7. The summed E-state index contributed by atoms with van der Waals surface area (Å²) in [6, 6.07) is 11.3. The standard InChI is InChI=1S/C12H11N3O2.C10H11N3O2.C6H15NO2/c1-7-13-12(15-17-7)9-2-4-10-8(6-9)3-5-11(10)14-16;11-10(13-15)7-1-3-8-6(5-7)2-4-9(8)12-14;1-6(8-4,9-5)7(2)3/h2,4,6,16H,3,5H2,1H3;1,3,5,14-15H,2,4H2,(H2,11,13);1-5H3/b14-11+;12-9+;. The van der Waals surface area contributed by atoms with Crippen LogP contribution in [-0.2, 0) is 22.3 Å². The van der Waals surface area contributed by atoms with E-state index in [1.54, 1.807) is 27.2 Å². The second kappa shape index (κ2) is 13.8. The largest absolute Gasteiger partial charge is 0.411 e. The van der Waals surface area contributed by atoms with Crippen molar-refractivity contribution in [2.24, 2.45) is 21.2 Å². The fraction of sp³-hybridized carbons (Fsp3) is 0.393. The predicted octanol–water partition coefficient (Wildman–Crippen LogP) is 3.59. The van der Waals surface area contributed by atoms with Crippen LogP contribution in [0.15, 0.2) is 56.4 Å². The van der Waals surface area contributed by atoms with Crippen molar-refractivity contribution in [1.82, 2.24) is 15.0 Å². The molecule has 220 valence electrons. The quantitative estimate of drug-likeness (QED) is 0.117. The minimum Gasteiger partial charge on any atom is -0.411 e. The number of hydrogen-bond donors (Lipinski definition) is 4. The first kappa shape index (κ1) is 31.2. The molecule has 5 rings (SSSR count). The van der Waals surface area contributed by atoms with Gasteiger partial charge in [-0.05, 0) is 63.0 Å². The van der Waals surface area contributed by atoms with Crippen molar-refractivity contribution in [3.05, 3.63) is 70.1 Å². The van der Waals surface area contributed by atoms with Crippen molar-refractivity contribution in [2.75, 3.05) is 28.3 Å². The molecule has 3 aromatic rings. The third-order valence-corrected chi connectivity index (χ3v) is 7.10. The van der Waals surface area contributed by atoms with Gasteiger partial charge in [0.25, 0.3) is 0 Å². The van der Waals surface area contributed by atoms with E-state index in [-0.39, 0.29) is 5.84 Å². The first-order valence-electron chi connectivity index (χ1n) is 12.9. The minimum atomic E-state index is -0.583. The molecule has 0 unspecified atom stereocenters. The number of methoxy groups -OCH3 is 2. The fourth-order valence-corrected chi connectivity index (χ4v) is 4.37. The number of nitrogens with two attached hydrogens (primary N) is 1. The predicted molar refractivity (Wildman–Crippen MR) is 153 cm³/mol. The normalized spacial score (nSPS) is 16.2. The molecule has 0 fully saturated rings. The number of ether oxygens (including phenoxy) is 2. The zero-order chi connectivity index (χ0) is 30.2. The third-order valence-electron chi connectivity index (χ3n) is 7.10. The number of oxime groups is 3. The molecule has 1 aromatic heterocycles. The van der Waals surface area contributed by atoms with Crippen LogP contribution in [0.5, 0.6) is 0 Å². The molecule has 0 spiro atoms. The van der Waals surface area contributed by atoms with E-state index >= 15 is 0 Å². The second-order valence-corrected chi connectivity index (χ2v) is 9.66. The summed E-state index contributed by atoms with van der Waals surface area (Å²) < 4.78 is 15.1. The maximum Gasteiger partial charge on any atom is 0.225 e. The Hall–Kier alpha value is -4.33. The molecule has 2 aliphatic carbocycles. The molecule has 0 aliphatic heterocycles. The summed E-state index contributed by atoms with van der Waals surface area (Å²) in [5, 5.41) is 39.5. The van der Waals surface area contributed by atoms with Gasteiger partial charge in [-0.2, -0.15) is 4.98 Å². The van der Waals surface area contributed by atoms with E-state index in [1.165, 1.54) is 0 Å². The highest BCUT2D eigenvalue weighted by atomic mass is 16.7. The Labute approximate surface area is 238 Å². The fourth-order valence-electron chi connectivity index (χ4n) is 4.37. The van der Waals surface area contributed by atoms with E-state index in [0.29, 0.717) is 23.0 Å². The molecule has 1 heterocycles. The van der Waals surface area contributed by atoms with Gasteiger partial charge in [0, 0.05) is 50.3 Å². The lowest BCUT2D eigenvalue weighted by Gasteiger charge is -2.32. The average molecular weight is 568 g/mol. The highest BCUT2D eigenvalue weighted by Crippen LogP contribution is 2.27. The van der Waals surface area contributed by atoms with Crippen molar-refractivity contribution in [2.45, 2.75) is 45.4 Å². The van der Waals surface area contributed by atoms with Gasteiger partial charge in [-0.3, -0.25) is 4.90 Å². The van der Waals surface area contributed by atoms with Crippen molar-refractivity contribution in [3.63, 3.8) is 0 Å². The molecule has 5 N–H and O–H groups in total. The van der Waals surface area contributed by atoms with Crippen molar-refractivity contribution >= 4 is 17.3 Å². The molecule has 0 amide bonds. The van der Waals surface area contributed by atoms with Gasteiger partial charge in [0.2, 0.25) is 17.6 Å². The van der Waals surface area contributed by atoms with Gasteiger partial charge in [0.15, 0.2) is 5.84 Å². The van der Waals surface area contributed by atoms with E-state index in [9.17, 15) is 0 Å². The van der Waals surface area contributed by atoms with Gasteiger partial charge in [-0.1, -0.05) is 44.9 Å². The Morgan fingerprint density at radius 1 is 0.927 bits per heavy atom. The molecular formula is C28H37N7O6. The molecule has 41 heavy (non-hydrogen) atoms. The number of rotatable bonds is 5. The summed E-state index contributed by atoms with van der Waals surface area (Å²) >= 11 is 0. The summed E-state index contributed by atoms with van der Waals surface area (Å²) in [5.74, 6) is 0.657. The highest BCUT2D eigenvalue weighted by Gasteiger charge is 2.25. The Morgan fingerprint density at radius 3 is 1.93 bits per heavy atom. The van der Waals surface area contributed by atoms with Gasteiger partial charge in [-0.25, -0.2) is 0 Å². The molecule has 13 nitrogen and oxygen atoms in total. The first-order chi connectivity index (χ1) is 19.6. The molecular weight excluding hydrogens is 530 g/mol. The number of benzene rings is 2. The lowest BCUT2D eigenvalue weighted by Crippen LogP contribution is -2.44. The smallest absolute Gasteiger partial charge is 0.225 e. The Morgan fingerprint density at radius 2 is 1.49 bits per heavy atom. The molecule has 0 saturated heterocycles. The van der Waals surface area contributed by atoms with Crippen molar-refractivity contribution in [1.29, 1.82) is 0 Å². The van der Waals surface area contributed by atoms with Crippen LogP contribution in [0.2, 0.25) is 0 Å². The summed E-state index contributed by atoms with van der Waals surface area (Å²) in [6.45, 7) is 3.62. The highest BCUT2D eigenvalue weighted by molar-refractivity contribution is 6.06. The SMILES string of the molecule is COC(C)(OC)N(C)C.Cc1nc(-c2ccc3c(c2)CC/C3=N\O)no1.NC(=NO)c1ccc2c(c1)CC/C2=N\O. The zero-order valence-corrected chi connectivity index (χ0v) is 24.1. The van der Waals surface area contributed by atoms with Crippen LogP contribution < -0.4 is 5.73 Å².